The summed E-state index contributed by atoms with van der Waals surface area (Å²) in [6.45, 7) is 4.03. The largest absolute Gasteiger partial charge is 0.380 e. The van der Waals surface area contributed by atoms with E-state index in [2.05, 4.69) is 6.92 Å². The van der Waals surface area contributed by atoms with Crippen LogP contribution in [0.2, 0.25) is 0 Å². The highest BCUT2D eigenvalue weighted by molar-refractivity contribution is 4.97. The first-order chi connectivity index (χ1) is 7.26. The lowest BCUT2D eigenvalue weighted by Crippen LogP contribution is -2.56. The van der Waals surface area contributed by atoms with Crippen LogP contribution in [-0.2, 0) is 4.74 Å². The minimum atomic E-state index is -0.000648. The van der Waals surface area contributed by atoms with Crippen molar-refractivity contribution >= 4 is 0 Å². The molecule has 0 aromatic carbocycles. The fourth-order valence-electron chi connectivity index (χ4n) is 3.58. The van der Waals surface area contributed by atoms with Gasteiger partial charge in [0.1, 0.15) is 0 Å². The zero-order valence-corrected chi connectivity index (χ0v) is 10.0. The Kier molecular flexibility index (Phi) is 3.68. The van der Waals surface area contributed by atoms with Gasteiger partial charge in [-0.25, -0.2) is 0 Å². The SMILES string of the molecule is CCC1CCCCC1C1(N)CCCOC1. The fraction of sp³-hybridized carbons (Fsp3) is 1.00. The van der Waals surface area contributed by atoms with E-state index in [1.165, 1.54) is 38.5 Å². The molecule has 2 aliphatic rings. The number of rotatable bonds is 2. The standard InChI is InChI=1S/C13H25NO/c1-2-11-6-3-4-7-12(11)13(14)8-5-9-15-10-13/h11-12H,2-10,14H2,1H3. The highest BCUT2D eigenvalue weighted by atomic mass is 16.5. The number of hydrogen-bond acceptors (Lipinski definition) is 2. The molecule has 3 unspecified atom stereocenters. The predicted molar refractivity (Wildman–Crippen MR) is 62.7 cm³/mol. The molecule has 2 nitrogen and oxygen atoms in total. The Labute approximate surface area is 93.6 Å². The molecule has 2 rings (SSSR count). The third-order valence-electron chi connectivity index (χ3n) is 4.47. The zero-order chi connectivity index (χ0) is 10.7. The smallest absolute Gasteiger partial charge is 0.0649 e. The van der Waals surface area contributed by atoms with Gasteiger partial charge < -0.3 is 10.5 Å². The maximum atomic E-state index is 6.57. The first-order valence-corrected chi connectivity index (χ1v) is 6.63. The Balaban J connectivity index is 2.04. The van der Waals surface area contributed by atoms with Gasteiger partial charge in [0.2, 0.25) is 0 Å². The highest BCUT2D eigenvalue weighted by Crippen LogP contribution is 2.41. The van der Waals surface area contributed by atoms with Crippen LogP contribution >= 0.6 is 0 Å². The van der Waals surface area contributed by atoms with E-state index in [1.807, 2.05) is 0 Å². The van der Waals surface area contributed by atoms with Crippen molar-refractivity contribution in [2.75, 3.05) is 13.2 Å². The lowest BCUT2D eigenvalue weighted by atomic mass is 9.66. The summed E-state index contributed by atoms with van der Waals surface area (Å²) in [6.07, 6.45) is 9.13. The Morgan fingerprint density at radius 3 is 2.73 bits per heavy atom. The van der Waals surface area contributed by atoms with Crippen LogP contribution in [0.1, 0.15) is 51.9 Å². The van der Waals surface area contributed by atoms with Crippen LogP contribution in [0.3, 0.4) is 0 Å². The lowest BCUT2D eigenvalue weighted by molar-refractivity contribution is -0.0150. The normalized spacial score (nSPS) is 42.8. The minimum absolute atomic E-state index is 0.000648. The second-order valence-electron chi connectivity index (χ2n) is 5.45. The van der Waals surface area contributed by atoms with E-state index in [4.69, 9.17) is 10.5 Å². The first kappa shape index (κ1) is 11.4. The van der Waals surface area contributed by atoms with Gasteiger partial charge in [-0.05, 0) is 31.1 Å². The average Bonchev–Trinajstić information content (AvgIpc) is 2.30. The third kappa shape index (κ3) is 2.36. The van der Waals surface area contributed by atoms with Crippen molar-refractivity contribution in [3.8, 4) is 0 Å². The van der Waals surface area contributed by atoms with Crippen LogP contribution in [0.4, 0.5) is 0 Å². The molecule has 0 amide bonds. The van der Waals surface area contributed by atoms with Gasteiger partial charge in [-0.15, -0.1) is 0 Å². The molecule has 88 valence electrons. The molecule has 2 fully saturated rings. The second-order valence-corrected chi connectivity index (χ2v) is 5.45. The van der Waals surface area contributed by atoms with E-state index in [9.17, 15) is 0 Å². The van der Waals surface area contributed by atoms with Crippen LogP contribution in [0.5, 0.6) is 0 Å². The molecule has 1 aliphatic heterocycles. The second kappa shape index (κ2) is 4.84. The number of hydrogen-bond donors (Lipinski definition) is 1. The fourth-order valence-corrected chi connectivity index (χ4v) is 3.58. The molecule has 2 heteroatoms. The molecule has 2 N–H and O–H groups in total. The van der Waals surface area contributed by atoms with Gasteiger partial charge in [0.15, 0.2) is 0 Å². The molecule has 15 heavy (non-hydrogen) atoms. The molecular weight excluding hydrogens is 186 g/mol. The average molecular weight is 211 g/mol. The summed E-state index contributed by atoms with van der Waals surface area (Å²) in [6, 6.07) is 0. The van der Waals surface area contributed by atoms with E-state index in [1.54, 1.807) is 0 Å². The van der Waals surface area contributed by atoms with Gasteiger partial charge in [-0.3, -0.25) is 0 Å². The van der Waals surface area contributed by atoms with Gasteiger partial charge in [-0.1, -0.05) is 32.6 Å². The minimum Gasteiger partial charge on any atom is -0.380 e. The summed E-state index contributed by atoms with van der Waals surface area (Å²) in [5, 5.41) is 0. The van der Waals surface area contributed by atoms with Crippen molar-refractivity contribution in [2.24, 2.45) is 17.6 Å². The van der Waals surface area contributed by atoms with E-state index < -0.39 is 0 Å². The van der Waals surface area contributed by atoms with Gasteiger partial charge in [0.25, 0.3) is 0 Å². The van der Waals surface area contributed by atoms with E-state index in [0.717, 1.165) is 31.5 Å². The first-order valence-electron chi connectivity index (χ1n) is 6.63. The Hall–Kier alpha value is -0.0800. The summed E-state index contributed by atoms with van der Waals surface area (Å²) >= 11 is 0. The van der Waals surface area contributed by atoms with Crippen molar-refractivity contribution in [3.63, 3.8) is 0 Å². The Morgan fingerprint density at radius 2 is 2.07 bits per heavy atom. The summed E-state index contributed by atoms with van der Waals surface area (Å²) in [5.74, 6) is 1.57. The molecule has 0 bridgehead atoms. The monoisotopic (exact) mass is 211 g/mol. The van der Waals surface area contributed by atoms with Crippen molar-refractivity contribution in [1.29, 1.82) is 0 Å². The van der Waals surface area contributed by atoms with Crippen molar-refractivity contribution < 1.29 is 4.74 Å². The zero-order valence-electron chi connectivity index (χ0n) is 10.0. The van der Waals surface area contributed by atoms with Crippen molar-refractivity contribution in [2.45, 2.75) is 57.4 Å². The summed E-state index contributed by atoms with van der Waals surface area (Å²) in [5.41, 5.74) is 6.57. The van der Waals surface area contributed by atoms with Gasteiger partial charge in [0.05, 0.1) is 6.61 Å². The van der Waals surface area contributed by atoms with Crippen LogP contribution in [-0.4, -0.2) is 18.8 Å². The summed E-state index contributed by atoms with van der Waals surface area (Å²) in [4.78, 5) is 0. The molecule has 0 aromatic heterocycles. The van der Waals surface area contributed by atoms with Crippen LogP contribution < -0.4 is 5.73 Å². The van der Waals surface area contributed by atoms with Gasteiger partial charge in [-0.2, -0.15) is 0 Å². The highest BCUT2D eigenvalue weighted by Gasteiger charge is 2.41. The molecule has 1 saturated heterocycles. The Morgan fingerprint density at radius 1 is 1.27 bits per heavy atom. The molecule has 1 aliphatic carbocycles. The van der Waals surface area contributed by atoms with Gasteiger partial charge >= 0.3 is 0 Å². The molecule has 0 radical (unpaired) electrons. The molecule has 3 atom stereocenters. The van der Waals surface area contributed by atoms with Gasteiger partial charge in [0, 0.05) is 12.1 Å². The maximum Gasteiger partial charge on any atom is 0.0649 e. The van der Waals surface area contributed by atoms with Crippen molar-refractivity contribution in [1.82, 2.24) is 0 Å². The maximum absolute atomic E-state index is 6.57. The van der Waals surface area contributed by atoms with Crippen LogP contribution in [0.15, 0.2) is 0 Å². The molecule has 0 aromatic rings. The molecule has 0 spiro atoms. The quantitative estimate of drug-likeness (QED) is 0.762. The summed E-state index contributed by atoms with van der Waals surface area (Å²) < 4.78 is 5.61. The van der Waals surface area contributed by atoms with E-state index in [0.29, 0.717) is 0 Å². The summed E-state index contributed by atoms with van der Waals surface area (Å²) in [7, 11) is 0. The molecule has 1 saturated carbocycles. The predicted octanol–water partition coefficient (Wildman–Crippen LogP) is 2.71. The topological polar surface area (TPSA) is 35.2 Å². The third-order valence-corrected chi connectivity index (χ3v) is 4.47. The molecular formula is C13H25NO. The number of ether oxygens (including phenoxy) is 1. The molecule has 1 heterocycles. The van der Waals surface area contributed by atoms with E-state index >= 15 is 0 Å². The van der Waals surface area contributed by atoms with Crippen LogP contribution in [0, 0.1) is 11.8 Å². The van der Waals surface area contributed by atoms with Crippen LogP contribution in [0.25, 0.3) is 0 Å². The Bertz CT molecular complexity index is 199. The number of nitrogens with two attached hydrogens (primary N) is 1. The van der Waals surface area contributed by atoms with E-state index in [-0.39, 0.29) is 5.54 Å². The lowest BCUT2D eigenvalue weighted by Gasteiger charge is -2.46. The van der Waals surface area contributed by atoms with Crippen molar-refractivity contribution in [3.05, 3.63) is 0 Å².